The molecule has 1 heteroatoms. The molecule has 0 heterocycles. The minimum Gasteiger partial charge on any atom is -0.328 e. The van der Waals surface area contributed by atoms with Crippen molar-refractivity contribution in [2.24, 2.45) is 5.73 Å². The summed E-state index contributed by atoms with van der Waals surface area (Å²) in [6.45, 7) is 4.50. The van der Waals surface area contributed by atoms with E-state index in [4.69, 9.17) is 5.73 Å². The standard InChI is InChI=1S/C16H35N/c1-3-5-6-7-8-9-10-11-12-13-15-16(17)14-4-2/h16H,3-15,17H2,1-2H3. The molecule has 1 unspecified atom stereocenters. The summed E-state index contributed by atoms with van der Waals surface area (Å²) < 4.78 is 0. The van der Waals surface area contributed by atoms with Crippen molar-refractivity contribution in [3.63, 3.8) is 0 Å². The number of hydrogen-bond acceptors (Lipinski definition) is 1. The average Bonchev–Trinajstić information content (AvgIpc) is 2.32. The fourth-order valence-corrected chi connectivity index (χ4v) is 2.41. The monoisotopic (exact) mass is 241 g/mol. The quantitative estimate of drug-likeness (QED) is 0.428. The number of unbranched alkanes of at least 4 members (excludes halogenated alkanes) is 9. The molecule has 2 N–H and O–H groups in total. The second-order valence-electron chi connectivity index (χ2n) is 5.52. The van der Waals surface area contributed by atoms with Crippen molar-refractivity contribution < 1.29 is 0 Å². The molecule has 0 amide bonds. The molecule has 0 aliphatic carbocycles. The van der Waals surface area contributed by atoms with E-state index in [0.717, 1.165) is 0 Å². The summed E-state index contributed by atoms with van der Waals surface area (Å²) in [6.07, 6.45) is 17.9. The molecule has 1 atom stereocenters. The lowest BCUT2D eigenvalue weighted by molar-refractivity contribution is 0.502. The normalized spacial score (nSPS) is 12.9. The highest BCUT2D eigenvalue weighted by Crippen LogP contribution is 2.12. The predicted molar refractivity (Wildman–Crippen MR) is 79.3 cm³/mol. The molecule has 0 bridgehead atoms. The van der Waals surface area contributed by atoms with E-state index in [2.05, 4.69) is 13.8 Å². The van der Waals surface area contributed by atoms with Crippen molar-refractivity contribution in [3.8, 4) is 0 Å². The zero-order valence-electron chi connectivity index (χ0n) is 12.3. The summed E-state index contributed by atoms with van der Waals surface area (Å²) in [5.41, 5.74) is 5.99. The molecule has 0 saturated heterocycles. The van der Waals surface area contributed by atoms with E-state index in [-0.39, 0.29) is 0 Å². The van der Waals surface area contributed by atoms with Gasteiger partial charge in [-0.3, -0.25) is 0 Å². The van der Waals surface area contributed by atoms with Gasteiger partial charge in [0.25, 0.3) is 0 Å². The van der Waals surface area contributed by atoms with Crippen molar-refractivity contribution >= 4 is 0 Å². The van der Waals surface area contributed by atoms with Crippen LogP contribution in [0.4, 0.5) is 0 Å². The zero-order chi connectivity index (χ0) is 12.8. The smallest absolute Gasteiger partial charge is 0.00387 e. The van der Waals surface area contributed by atoms with Gasteiger partial charge in [-0.2, -0.15) is 0 Å². The largest absolute Gasteiger partial charge is 0.328 e. The van der Waals surface area contributed by atoms with Crippen LogP contribution >= 0.6 is 0 Å². The molecule has 104 valence electrons. The van der Waals surface area contributed by atoms with E-state index in [1.807, 2.05) is 0 Å². The molecule has 0 aromatic rings. The van der Waals surface area contributed by atoms with Gasteiger partial charge in [0.1, 0.15) is 0 Å². The molecule has 0 saturated carbocycles. The Labute approximate surface area is 110 Å². The van der Waals surface area contributed by atoms with E-state index in [1.165, 1.54) is 83.5 Å². The van der Waals surface area contributed by atoms with Gasteiger partial charge in [-0.25, -0.2) is 0 Å². The van der Waals surface area contributed by atoms with Gasteiger partial charge in [-0.1, -0.05) is 84.5 Å². The second kappa shape index (κ2) is 14.0. The number of nitrogens with two attached hydrogens (primary N) is 1. The first kappa shape index (κ1) is 17.0. The maximum absolute atomic E-state index is 5.99. The van der Waals surface area contributed by atoms with Crippen molar-refractivity contribution in [3.05, 3.63) is 0 Å². The molecular weight excluding hydrogens is 206 g/mol. The molecule has 17 heavy (non-hydrogen) atoms. The van der Waals surface area contributed by atoms with Crippen molar-refractivity contribution in [1.82, 2.24) is 0 Å². The molecule has 0 radical (unpaired) electrons. The first-order valence-electron chi connectivity index (χ1n) is 8.06. The third-order valence-electron chi connectivity index (χ3n) is 3.59. The predicted octanol–water partition coefficient (Wildman–Crippen LogP) is 5.42. The van der Waals surface area contributed by atoms with E-state index < -0.39 is 0 Å². The second-order valence-corrected chi connectivity index (χ2v) is 5.52. The number of rotatable bonds is 13. The van der Waals surface area contributed by atoms with Crippen molar-refractivity contribution in [2.75, 3.05) is 0 Å². The Balaban J connectivity index is 2.98. The summed E-state index contributed by atoms with van der Waals surface area (Å²) in [5, 5.41) is 0. The van der Waals surface area contributed by atoms with Crippen LogP contribution in [0.1, 0.15) is 97.3 Å². The van der Waals surface area contributed by atoms with Crippen LogP contribution in [0.2, 0.25) is 0 Å². The van der Waals surface area contributed by atoms with Gasteiger partial charge >= 0.3 is 0 Å². The highest BCUT2D eigenvalue weighted by Gasteiger charge is 2.00. The van der Waals surface area contributed by atoms with Crippen LogP contribution < -0.4 is 5.73 Å². The third kappa shape index (κ3) is 13.9. The summed E-state index contributed by atoms with van der Waals surface area (Å²) >= 11 is 0. The van der Waals surface area contributed by atoms with Gasteiger partial charge in [0.05, 0.1) is 0 Å². The van der Waals surface area contributed by atoms with Crippen LogP contribution in [0, 0.1) is 0 Å². The van der Waals surface area contributed by atoms with Gasteiger partial charge in [0, 0.05) is 6.04 Å². The number of hydrogen-bond donors (Lipinski definition) is 1. The molecule has 1 nitrogen and oxygen atoms in total. The van der Waals surface area contributed by atoms with Gasteiger partial charge in [-0.15, -0.1) is 0 Å². The Morgan fingerprint density at radius 2 is 1.06 bits per heavy atom. The van der Waals surface area contributed by atoms with Crippen LogP contribution in [0.25, 0.3) is 0 Å². The Bertz CT molecular complexity index is 133. The Hall–Kier alpha value is -0.0400. The molecule has 0 fully saturated rings. The lowest BCUT2D eigenvalue weighted by Crippen LogP contribution is -2.18. The molecule has 0 spiro atoms. The molecule has 0 aliphatic heterocycles. The van der Waals surface area contributed by atoms with Gasteiger partial charge < -0.3 is 5.73 Å². The fraction of sp³-hybridized carbons (Fsp3) is 1.00. The highest BCUT2D eigenvalue weighted by atomic mass is 14.6. The van der Waals surface area contributed by atoms with E-state index >= 15 is 0 Å². The fourth-order valence-electron chi connectivity index (χ4n) is 2.41. The Morgan fingerprint density at radius 1 is 0.588 bits per heavy atom. The van der Waals surface area contributed by atoms with Crippen LogP contribution in [0.15, 0.2) is 0 Å². The Kier molecular flexibility index (Phi) is 14.0. The summed E-state index contributed by atoms with van der Waals surface area (Å²) in [6, 6.07) is 0.467. The topological polar surface area (TPSA) is 26.0 Å². The summed E-state index contributed by atoms with van der Waals surface area (Å²) in [5.74, 6) is 0. The van der Waals surface area contributed by atoms with Gasteiger partial charge in [-0.05, 0) is 12.8 Å². The molecule has 0 rings (SSSR count). The lowest BCUT2D eigenvalue weighted by atomic mass is 10.0. The van der Waals surface area contributed by atoms with Crippen molar-refractivity contribution in [1.29, 1.82) is 0 Å². The van der Waals surface area contributed by atoms with E-state index in [0.29, 0.717) is 6.04 Å². The SMILES string of the molecule is CCCCCCCCCCCCC(N)CCC. The molecule has 0 aliphatic rings. The Morgan fingerprint density at radius 3 is 1.53 bits per heavy atom. The van der Waals surface area contributed by atoms with Crippen molar-refractivity contribution in [2.45, 2.75) is 103 Å². The average molecular weight is 241 g/mol. The summed E-state index contributed by atoms with van der Waals surface area (Å²) in [4.78, 5) is 0. The van der Waals surface area contributed by atoms with Gasteiger partial charge in [0.15, 0.2) is 0 Å². The minimum atomic E-state index is 0.467. The highest BCUT2D eigenvalue weighted by molar-refractivity contribution is 4.60. The zero-order valence-corrected chi connectivity index (χ0v) is 12.3. The van der Waals surface area contributed by atoms with E-state index in [9.17, 15) is 0 Å². The maximum atomic E-state index is 5.99. The summed E-state index contributed by atoms with van der Waals surface area (Å²) in [7, 11) is 0. The molecular formula is C16H35N. The van der Waals surface area contributed by atoms with Gasteiger partial charge in [0.2, 0.25) is 0 Å². The molecule has 0 aromatic carbocycles. The van der Waals surface area contributed by atoms with Crippen LogP contribution in [0.3, 0.4) is 0 Å². The van der Waals surface area contributed by atoms with Crippen LogP contribution in [0.5, 0.6) is 0 Å². The maximum Gasteiger partial charge on any atom is 0.00387 e. The lowest BCUT2D eigenvalue weighted by Gasteiger charge is -2.09. The first-order valence-corrected chi connectivity index (χ1v) is 8.06. The van der Waals surface area contributed by atoms with Crippen LogP contribution in [-0.2, 0) is 0 Å². The third-order valence-corrected chi connectivity index (χ3v) is 3.59. The van der Waals surface area contributed by atoms with E-state index in [1.54, 1.807) is 0 Å². The molecule has 0 aromatic heterocycles. The minimum absolute atomic E-state index is 0.467. The first-order chi connectivity index (χ1) is 8.31. The van der Waals surface area contributed by atoms with Crippen LogP contribution in [-0.4, -0.2) is 6.04 Å².